The lowest BCUT2D eigenvalue weighted by Gasteiger charge is -2.23. The van der Waals surface area contributed by atoms with Gasteiger partial charge in [-0.2, -0.15) is 0 Å². The Bertz CT molecular complexity index is 221. The summed E-state index contributed by atoms with van der Waals surface area (Å²) in [4.78, 5) is 4.19. The minimum atomic E-state index is 0. The summed E-state index contributed by atoms with van der Waals surface area (Å²) in [6.07, 6.45) is 4.36. The number of anilines is 1. The summed E-state index contributed by atoms with van der Waals surface area (Å²) >= 11 is 1.67. The predicted molar refractivity (Wildman–Crippen MR) is 58.9 cm³/mol. The fourth-order valence-electron chi connectivity index (χ4n) is 1.44. The summed E-state index contributed by atoms with van der Waals surface area (Å²) in [7, 11) is 0. The van der Waals surface area contributed by atoms with Gasteiger partial charge in [0.2, 0.25) is 0 Å². The maximum absolute atomic E-state index is 4.19. The van der Waals surface area contributed by atoms with Gasteiger partial charge in [0.15, 0.2) is 5.13 Å². The average molecular weight is 220 g/mol. The molecule has 3 nitrogen and oxygen atoms in total. The van der Waals surface area contributed by atoms with Crippen LogP contribution in [0.25, 0.3) is 0 Å². The molecule has 0 saturated carbocycles. The van der Waals surface area contributed by atoms with Crippen LogP contribution < -0.4 is 10.6 Å². The van der Waals surface area contributed by atoms with Crippen molar-refractivity contribution >= 4 is 28.9 Å². The van der Waals surface area contributed by atoms with Gasteiger partial charge < -0.3 is 10.6 Å². The Morgan fingerprint density at radius 1 is 1.62 bits per heavy atom. The van der Waals surface area contributed by atoms with Gasteiger partial charge in [-0.25, -0.2) is 4.98 Å². The molecule has 1 fully saturated rings. The monoisotopic (exact) mass is 219 g/mol. The van der Waals surface area contributed by atoms with Gasteiger partial charge in [-0.3, -0.25) is 0 Å². The highest BCUT2D eigenvalue weighted by molar-refractivity contribution is 7.13. The van der Waals surface area contributed by atoms with Crippen LogP contribution in [-0.4, -0.2) is 24.1 Å². The van der Waals surface area contributed by atoms with Crippen LogP contribution in [-0.2, 0) is 0 Å². The lowest BCUT2D eigenvalue weighted by Crippen LogP contribution is -2.38. The molecule has 1 aromatic rings. The molecule has 2 heterocycles. The molecular formula is C8H14ClN3S. The quantitative estimate of drug-likeness (QED) is 0.796. The second-order valence-electron chi connectivity index (χ2n) is 3.02. The zero-order chi connectivity index (χ0) is 8.23. The van der Waals surface area contributed by atoms with Gasteiger partial charge in [0.25, 0.3) is 0 Å². The van der Waals surface area contributed by atoms with Crippen LogP contribution in [0.3, 0.4) is 0 Å². The van der Waals surface area contributed by atoms with Crippen LogP contribution in [0.2, 0.25) is 0 Å². The van der Waals surface area contributed by atoms with E-state index < -0.39 is 0 Å². The maximum Gasteiger partial charge on any atom is 0.182 e. The molecule has 13 heavy (non-hydrogen) atoms. The number of nitrogens with one attached hydrogen (secondary N) is 2. The third-order valence-corrected chi connectivity index (χ3v) is 2.76. The van der Waals surface area contributed by atoms with Crippen LogP contribution >= 0.6 is 23.7 Å². The first-order chi connectivity index (χ1) is 5.95. The van der Waals surface area contributed by atoms with Crippen molar-refractivity contribution in [2.24, 2.45) is 0 Å². The summed E-state index contributed by atoms with van der Waals surface area (Å²) in [5.74, 6) is 0. The van der Waals surface area contributed by atoms with Crippen molar-refractivity contribution in [3.8, 4) is 0 Å². The highest BCUT2D eigenvalue weighted by Crippen LogP contribution is 2.14. The number of rotatable bonds is 2. The predicted octanol–water partition coefficient (Wildman–Crippen LogP) is 1.73. The van der Waals surface area contributed by atoms with E-state index in [2.05, 4.69) is 15.6 Å². The lowest BCUT2D eigenvalue weighted by molar-refractivity contribution is 0.480. The van der Waals surface area contributed by atoms with Crippen LogP contribution in [0.5, 0.6) is 0 Å². The molecule has 74 valence electrons. The first kappa shape index (κ1) is 10.8. The van der Waals surface area contributed by atoms with Crippen LogP contribution in [0.1, 0.15) is 12.8 Å². The molecule has 0 spiro atoms. The van der Waals surface area contributed by atoms with Crippen molar-refractivity contribution in [3.05, 3.63) is 11.6 Å². The Balaban J connectivity index is 0.000000845. The van der Waals surface area contributed by atoms with Crippen molar-refractivity contribution in [2.75, 3.05) is 18.4 Å². The number of thiazole rings is 1. The van der Waals surface area contributed by atoms with Crippen LogP contribution in [0, 0.1) is 0 Å². The molecule has 0 unspecified atom stereocenters. The van der Waals surface area contributed by atoms with E-state index in [-0.39, 0.29) is 12.4 Å². The molecule has 0 bridgehead atoms. The van der Waals surface area contributed by atoms with E-state index in [1.807, 2.05) is 11.6 Å². The Morgan fingerprint density at radius 3 is 3.15 bits per heavy atom. The molecule has 5 heteroatoms. The van der Waals surface area contributed by atoms with E-state index in [9.17, 15) is 0 Å². The number of hydrogen-bond acceptors (Lipinski definition) is 4. The third kappa shape index (κ3) is 3.14. The Hall–Kier alpha value is -0.320. The van der Waals surface area contributed by atoms with Gasteiger partial charge >= 0.3 is 0 Å². The molecule has 0 radical (unpaired) electrons. The van der Waals surface area contributed by atoms with Gasteiger partial charge in [-0.15, -0.1) is 23.7 Å². The molecule has 1 aromatic heterocycles. The lowest BCUT2D eigenvalue weighted by atomic mass is 10.1. The van der Waals surface area contributed by atoms with Gasteiger partial charge in [-0.05, 0) is 19.4 Å². The second kappa shape index (κ2) is 5.42. The van der Waals surface area contributed by atoms with Crippen molar-refractivity contribution < 1.29 is 0 Å². The molecule has 0 aliphatic carbocycles. The first-order valence-corrected chi connectivity index (χ1v) is 5.20. The van der Waals surface area contributed by atoms with Crippen LogP contribution in [0.15, 0.2) is 11.6 Å². The minimum absolute atomic E-state index is 0. The smallest absolute Gasteiger partial charge is 0.182 e. The molecule has 1 saturated heterocycles. The van der Waals surface area contributed by atoms with Gasteiger partial charge in [0.1, 0.15) is 0 Å². The van der Waals surface area contributed by atoms with Crippen molar-refractivity contribution in [3.63, 3.8) is 0 Å². The fourth-order valence-corrected chi connectivity index (χ4v) is 2.05. The molecule has 1 aliphatic heterocycles. The van der Waals surface area contributed by atoms with E-state index in [0.29, 0.717) is 6.04 Å². The Kier molecular flexibility index (Phi) is 4.48. The van der Waals surface area contributed by atoms with Gasteiger partial charge in [-0.1, -0.05) is 0 Å². The summed E-state index contributed by atoms with van der Waals surface area (Å²) in [6.45, 7) is 2.23. The number of piperidine rings is 1. The summed E-state index contributed by atoms with van der Waals surface area (Å²) < 4.78 is 0. The zero-order valence-corrected chi connectivity index (χ0v) is 8.96. The molecule has 1 aliphatic rings. The van der Waals surface area contributed by atoms with E-state index >= 15 is 0 Å². The highest BCUT2D eigenvalue weighted by Gasteiger charge is 2.12. The molecule has 1 atom stereocenters. The molecule has 2 rings (SSSR count). The van der Waals surface area contributed by atoms with Crippen LogP contribution in [0.4, 0.5) is 5.13 Å². The second-order valence-corrected chi connectivity index (χ2v) is 3.92. The minimum Gasteiger partial charge on any atom is -0.358 e. The third-order valence-electron chi connectivity index (χ3n) is 2.06. The summed E-state index contributed by atoms with van der Waals surface area (Å²) in [5, 5.41) is 9.81. The van der Waals surface area contributed by atoms with Crippen molar-refractivity contribution in [2.45, 2.75) is 18.9 Å². The van der Waals surface area contributed by atoms with Crippen molar-refractivity contribution in [1.29, 1.82) is 0 Å². The number of nitrogens with zero attached hydrogens (tertiary/aromatic N) is 1. The summed E-state index contributed by atoms with van der Waals surface area (Å²) in [5.41, 5.74) is 0. The first-order valence-electron chi connectivity index (χ1n) is 4.32. The molecule has 0 amide bonds. The average Bonchev–Trinajstić information content (AvgIpc) is 2.59. The number of aromatic nitrogens is 1. The Labute approximate surface area is 88.4 Å². The SMILES string of the molecule is Cl.c1csc(N[C@H]2CCCNC2)n1. The normalized spacial score (nSPS) is 22.0. The molecule has 0 aromatic carbocycles. The fraction of sp³-hybridized carbons (Fsp3) is 0.625. The number of halogens is 1. The van der Waals surface area contributed by atoms with E-state index in [0.717, 1.165) is 18.2 Å². The maximum atomic E-state index is 4.19. The molecule has 2 N–H and O–H groups in total. The summed E-state index contributed by atoms with van der Waals surface area (Å²) in [6, 6.07) is 0.574. The van der Waals surface area contributed by atoms with E-state index in [4.69, 9.17) is 0 Å². The number of hydrogen-bond donors (Lipinski definition) is 2. The van der Waals surface area contributed by atoms with Gasteiger partial charge in [0.05, 0.1) is 0 Å². The molecular weight excluding hydrogens is 206 g/mol. The zero-order valence-electron chi connectivity index (χ0n) is 7.32. The van der Waals surface area contributed by atoms with Crippen molar-refractivity contribution in [1.82, 2.24) is 10.3 Å². The topological polar surface area (TPSA) is 37.0 Å². The van der Waals surface area contributed by atoms with E-state index in [1.165, 1.54) is 12.8 Å². The van der Waals surface area contributed by atoms with Gasteiger partial charge in [0, 0.05) is 24.2 Å². The Morgan fingerprint density at radius 2 is 2.54 bits per heavy atom. The highest BCUT2D eigenvalue weighted by atomic mass is 35.5. The standard InChI is InChI=1S/C8H13N3S.ClH/c1-2-7(6-9-3-1)11-8-10-4-5-12-8;/h4-5,7,9H,1-3,6H2,(H,10,11);1H/t7-;/m0./s1. The largest absolute Gasteiger partial charge is 0.358 e. The van der Waals surface area contributed by atoms with E-state index in [1.54, 1.807) is 11.3 Å².